The Balaban J connectivity index is 1.55. The van der Waals surface area contributed by atoms with Gasteiger partial charge in [-0.05, 0) is 11.6 Å². The highest BCUT2D eigenvalue weighted by Crippen LogP contribution is 2.37. The SMILES string of the molecule is Clc1ncnc2c1nc1n2Cc2ccccc2N1CCN1CCOCC1. The van der Waals surface area contributed by atoms with Crippen molar-refractivity contribution in [3.8, 4) is 0 Å². The summed E-state index contributed by atoms with van der Waals surface area (Å²) in [7, 11) is 0. The predicted octanol–water partition coefficient (Wildman–Crippen LogP) is 2.31. The lowest BCUT2D eigenvalue weighted by molar-refractivity contribution is 0.0393. The van der Waals surface area contributed by atoms with Gasteiger partial charge in [-0.15, -0.1) is 0 Å². The molecule has 7 nitrogen and oxygen atoms in total. The topological polar surface area (TPSA) is 59.3 Å². The number of para-hydroxylation sites is 1. The van der Waals surface area contributed by atoms with Gasteiger partial charge >= 0.3 is 0 Å². The van der Waals surface area contributed by atoms with Crippen LogP contribution in [0.5, 0.6) is 0 Å². The first-order valence-corrected chi connectivity index (χ1v) is 9.21. The smallest absolute Gasteiger partial charge is 0.212 e. The van der Waals surface area contributed by atoms with Crippen LogP contribution in [0.3, 0.4) is 0 Å². The molecule has 2 aliphatic rings. The van der Waals surface area contributed by atoms with Crippen molar-refractivity contribution in [2.45, 2.75) is 6.54 Å². The fourth-order valence-electron chi connectivity index (χ4n) is 3.72. The van der Waals surface area contributed by atoms with Gasteiger partial charge in [0.1, 0.15) is 11.8 Å². The molecular weight excluding hydrogens is 352 g/mol. The summed E-state index contributed by atoms with van der Waals surface area (Å²) in [5.74, 6) is 0.884. The van der Waals surface area contributed by atoms with Crippen LogP contribution in [0, 0.1) is 0 Å². The number of ether oxygens (including phenoxy) is 1. The lowest BCUT2D eigenvalue weighted by atomic mass is 10.1. The van der Waals surface area contributed by atoms with Gasteiger partial charge in [-0.2, -0.15) is 0 Å². The van der Waals surface area contributed by atoms with Gasteiger partial charge in [-0.25, -0.2) is 15.0 Å². The van der Waals surface area contributed by atoms with Crippen molar-refractivity contribution >= 4 is 34.4 Å². The second-order valence-corrected chi connectivity index (χ2v) is 6.93. The zero-order valence-corrected chi connectivity index (χ0v) is 15.1. The molecule has 0 aliphatic carbocycles. The van der Waals surface area contributed by atoms with E-state index in [2.05, 4.69) is 48.6 Å². The first-order valence-electron chi connectivity index (χ1n) is 8.83. The Morgan fingerprint density at radius 3 is 2.81 bits per heavy atom. The Morgan fingerprint density at radius 1 is 1.08 bits per heavy atom. The summed E-state index contributed by atoms with van der Waals surface area (Å²) in [6.07, 6.45) is 1.50. The summed E-state index contributed by atoms with van der Waals surface area (Å²) in [5.41, 5.74) is 3.91. The highest BCUT2D eigenvalue weighted by atomic mass is 35.5. The first-order chi connectivity index (χ1) is 12.8. The molecule has 0 amide bonds. The molecule has 2 aliphatic heterocycles. The number of hydrogen-bond donors (Lipinski definition) is 0. The molecule has 0 unspecified atom stereocenters. The second kappa shape index (κ2) is 6.50. The number of aromatic nitrogens is 4. The van der Waals surface area contributed by atoms with E-state index in [0.717, 1.165) is 57.5 Å². The van der Waals surface area contributed by atoms with Crippen molar-refractivity contribution in [2.24, 2.45) is 0 Å². The first kappa shape index (κ1) is 16.0. The Labute approximate surface area is 156 Å². The highest BCUT2D eigenvalue weighted by Gasteiger charge is 2.27. The van der Waals surface area contributed by atoms with E-state index in [-0.39, 0.29) is 0 Å². The number of nitrogens with zero attached hydrogens (tertiary/aromatic N) is 6. The average molecular weight is 371 g/mol. The molecular formula is C18H19ClN6O. The third-order valence-electron chi connectivity index (χ3n) is 5.06. The monoisotopic (exact) mass is 370 g/mol. The van der Waals surface area contributed by atoms with Gasteiger partial charge < -0.3 is 9.64 Å². The van der Waals surface area contributed by atoms with Crippen molar-refractivity contribution in [3.05, 3.63) is 41.3 Å². The van der Waals surface area contributed by atoms with Crippen LogP contribution in [0.4, 0.5) is 11.6 Å². The molecule has 0 spiro atoms. The summed E-state index contributed by atoms with van der Waals surface area (Å²) < 4.78 is 7.58. The van der Waals surface area contributed by atoms with Crippen LogP contribution in [0.25, 0.3) is 11.2 Å². The van der Waals surface area contributed by atoms with Gasteiger partial charge in [0.05, 0.1) is 19.8 Å². The number of imidazole rings is 1. The number of halogens is 1. The molecule has 0 atom stereocenters. The van der Waals surface area contributed by atoms with Crippen LogP contribution in [0.15, 0.2) is 30.6 Å². The van der Waals surface area contributed by atoms with E-state index in [4.69, 9.17) is 21.3 Å². The molecule has 1 aromatic carbocycles. The average Bonchev–Trinajstić information content (AvgIpc) is 3.06. The number of morpholine rings is 1. The van der Waals surface area contributed by atoms with Crippen molar-refractivity contribution < 1.29 is 4.74 Å². The number of anilines is 2. The number of hydrogen-bond acceptors (Lipinski definition) is 6. The van der Waals surface area contributed by atoms with Gasteiger partial charge in [0.15, 0.2) is 10.8 Å². The molecule has 8 heteroatoms. The number of fused-ring (bicyclic) bond motifs is 4. The molecule has 0 radical (unpaired) electrons. The van der Waals surface area contributed by atoms with Gasteiger partial charge in [-0.1, -0.05) is 29.8 Å². The summed E-state index contributed by atoms with van der Waals surface area (Å²) in [5, 5.41) is 0.397. The van der Waals surface area contributed by atoms with E-state index in [1.165, 1.54) is 17.6 Å². The fraction of sp³-hybridized carbons (Fsp3) is 0.389. The zero-order chi connectivity index (χ0) is 17.5. The molecule has 0 saturated carbocycles. The largest absolute Gasteiger partial charge is 0.379 e. The molecule has 134 valence electrons. The van der Waals surface area contributed by atoms with Crippen LogP contribution < -0.4 is 4.90 Å². The summed E-state index contributed by atoms with van der Waals surface area (Å²) in [6, 6.07) is 8.47. The van der Waals surface area contributed by atoms with Gasteiger partial charge in [0, 0.05) is 31.9 Å². The van der Waals surface area contributed by atoms with Crippen molar-refractivity contribution in [3.63, 3.8) is 0 Å². The molecule has 1 fully saturated rings. The molecule has 1 saturated heterocycles. The third kappa shape index (κ3) is 2.63. The van der Waals surface area contributed by atoms with E-state index in [1.807, 2.05) is 0 Å². The lowest BCUT2D eigenvalue weighted by Crippen LogP contribution is -2.41. The van der Waals surface area contributed by atoms with Gasteiger partial charge in [0.2, 0.25) is 5.95 Å². The molecule has 3 aromatic rings. The predicted molar refractivity (Wildman–Crippen MR) is 100 cm³/mol. The van der Waals surface area contributed by atoms with Crippen LogP contribution in [0.1, 0.15) is 5.56 Å². The molecule has 0 bridgehead atoms. The van der Waals surface area contributed by atoms with Crippen molar-refractivity contribution in [2.75, 3.05) is 44.3 Å². The minimum atomic E-state index is 0.397. The molecule has 26 heavy (non-hydrogen) atoms. The van der Waals surface area contributed by atoms with Crippen LogP contribution in [0.2, 0.25) is 5.15 Å². The van der Waals surface area contributed by atoms with Crippen LogP contribution in [-0.2, 0) is 11.3 Å². The molecule has 0 N–H and O–H groups in total. The standard InChI is InChI=1S/C18H19ClN6O/c19-16-15-17(21-12-20-16)25-11-13-3-1-2-4-14(13)24(18(25)22-15)6-5-23-7-9-26-10-8-23/h1-4,12H,5-11H2. The second-order valence-electron chi connectivity index (χ2n) is 6.57. The number of rotatable bonds is 3. The minimum absolute atomic E-state index is 0.397. The summed E-state index contributed by atoms with van der Waals surface area (Å²) in [4.78, 5) is 18.0. The maximum Gasteiger partial charge on any atom is 0.212 e. The summed E-state index contributed by atoms with van der Waals surface area (Å²) in [6.45, 7) is 6.11. The Morgan fingerprint density at radius 2 is 1.92 bits per heavy atom. The van der Waals surface area contributed by atoms with Crippen LogP contribution >= 0.6 is 11.6 Å². The molecule has 5 rings (SSSR count). The highest BCUT2D eigenvalue weighted by molar-refractivity contribution is 6.33. The van der Waals surface area contributed by atoms with E-state index in [9.17, 15) is 0 Å². The van der Waals surface area contributed by atoms with E-state index >= 15 is 0 Å². The Bertz CT molecular complexity index is 952. The minimum Gasteiger partial charge on any atom is -0.379 e. The Hall–Kier alpha value is -2.22. The van der Waals surface area contributed by atoms with E-state index < -0.39 is 0 Å². The van der Waals surface area contributed by atoms with Crippen molar-refractivity contribution in [1.29, 1.82) is 0 Å². The van der Waals surface area contributed by atoms with Crippen molar-refractivity contribution in [1.82, 2.24) is 24.4 Å². The fourth-order valence-corrected chi connectivity index (χ4v) is 3.89. The maximum atomic E-state index is 6.27. The molecule has 2 aromatic heterocycles. The van der Waals surface area contributed by atoms with Gasteiger partial charge in [0.25, 0.3) is 0 Å². The maximum absolute atomic E-state index is 6.27. The summed E-state index contributed by atoms with van der Waals surface area (Å²) >= 11 is 6.27. The zero-order valence-electron chi connectivity index (χ0n) is 14.3. The van der Waals surface area contributed by atoms with E-state index in [1.54, 1.807) is 0 Å². The van der Waals surface area contributed by atoms with E-state index in [0.29, 0.717) is 10.7 Å². The van der Waals surface area contributed by atoms with Crippen LogP contribution in [-0.4, -0.2) is 63.8 Å². The quantitative estimate of drug-likeness (QED) is 0.659. The molecule has 4 heterocycles. The number of benzene rings is 1. The lowest BCUT2D eigenvalue weighted by Gasteiger charge is -2.34. The normalized spacial score (nSPS) is 17.3. The van der Waals surface area contributed by atoms with Gasteiger partial charge in [-0.3, -0.25) is 9.47 Å². The Kier molecular flexibility index (Phi) is 4.00. The third-order valence-corrected chi connectivity index (χ3v) is 5.34.